The smallest absolute Gasteiger partial charge is 0.242 e. The zero-order valence-electron chi connectivity index (χ0n) is 8.70. The summed E-state index contributed by atoms with van der Waals surface area (Å²) < 4.78 is 25.5. The van der Waals surface area contributed by atoms with Gasteiger partial charge in [-0.3, -0.25) is 10.1 Å². The number of benzene rings is 1. The van der Waals surface area contributed by atoms with E-state index in [1.165, 1.54) is 6.07 Å². The van der Waals surface area contributed by atoms with Crippen molar-refractivity contribution >= 4 is 35.8 Å². The lowest BCUT2D eigenvalue weighted by molar-refractivity contribution is -0.117. The van der Waals surface area contributed by atoms with Gasteiger partial charge in [0.05, 0.1) is 6.04 Å². The van der Waals surface area contributed by atoms with Crippen LogP contribution >= 0.6 is 24.2 Å². The van der Waals surface area contributed by atoms with E-state index in [1.54, 1.807) is 11.8 Å². The van der Waals surface area contributed by atoms with E-state index >= 15 is 0 Å². The maximum absolute atomic E-state index is 12.9. The third-order valence-electron chi connectivity index (χ3n) is 2.22. The Hall–Kier alpha value is -0.850. The molecule has 0 aromatic heterocycles. The molecule has 1 aromatic carbocycles. The van der Waals surface area contributed by atoms with E-state index in [-0.39, 0.29) is 30.0 Å². The van der Waals surface area contributed by atoms with Gasteiger partial charge in [0.2, 0.25) is 5.91 Å². The van der Waals surface area contributed by atoms with Gasteiger partial charge in [-0.15, -0.1) is 24.2 Å². The first-order chi connectivity index (χ1) is 7.66. The van der Waals surface area contributed by atoms with E-state index in [9.17, 15) is 13.6 Å². The minimum absolute atomic E-state index is 0. The zero-order valence-corrected chi connectivity index (χ0v) is 10.3. The average Bonchev–Trinajstić information content (AvgIpc) is 2.77. The van der Waals surface area contributed by atoms with Crippen molar-refractivity contribution in [1.29, 1.82) is 0 Å². The van der Waals surface area contributed by atoms with Gasteiger partial charge in [-0.25, -0.2) is 8.78 Å². The molecule has 0 aliphatic carbocycles. The van der Waals surface area contributed by atoms with Gasteiger partial charge < -0.3 is 5.32 Å². The van der Waals surface area contributed by atoms with Crippen molar-refractivity contribution in [2.24, 2.45) is 0 Å². The molecule has 0 saturated carbocycles. The fourth-order valence-corrected chi connectivity index (χ4v) is 2.31. The normalized spacial score (nSPS) is 18.6. The van der Waals surface area contributed by atoms with Crippen molar-refractivity contribution in [3.63, 3.8) is 0 Å². The van der Waals surface area contributed by atoms with Crippen molar-refractivity contribution < 1.29 is 13.6 Å². The number of carbonyl (C=O) groups excluding carboxylic acids is 1. The Bertz CT molecular complexity index is 413. The van der Waals surface area contributed by atoms with Crippen LogP contribution in [0.2, 0.25) is 0 Å². The molecule has 1 heterocycles. The predicted molar refractivity (Wildman–Crippen MR) is 66.5 cm³/mol. The minimum atomic E-state index is -0.966. The Morgan fingerprint density at radius 2 is 2.18 bits per heavy atom. The number of nitrogens with one attached hydrogen (secondary N) is 2. The number of carbonyl (C=O) groups is 1. The molecule has 1 aliphatic heterocycles. The molecule has 7 heteroatoms. The molecule has 0 spiro atoms. The Morgan fingerprint density at radius 3 is 2.76 bits per heavy atom. The molecule has 2 rings (SSSR count). The van der Waals surface area contributed by atoms with Gasteiger partial charge in [0.15, 0.2) is 11.6 Å². The van der Waals surface area contributed by atoms with Crippen LogP contribution in [0, 0.1) is 11.6 Å². The predicted octanol–water partition coefficient (Wildman–Crippen LogP) is 1.99. The highest BCUT2D eigenvalue weighted by Gasteiger charge is 2.22. The summed E-state index contributed by atoms with van der Waals surface area (Å²) in [6, 6.07) is 3.02. The Morgan fingerprint density at radius 1 is 1.41 bits per heavy atom. The fourth-order valence-electron chi connectivity index (χ4n) is 1.37. The summed E-state index contributed by atoms with van der Waals surface area (Å²) in [6.07, 6.45) is 0. The highest BCUT2D eigenvalue weighted by atomic mass is 35.5. The van der Waals surface area contributed by atoms with Crippen molar-refractivity contribution in [3.8, 4) is 0 Å². The quantitative estimate of drug-likeness (QED) is 0.870. The molecule has 1 aliphatic rings. The Labute approximate surface area is 108 Å². The van der Waals surface area contributed by atoms with Gasteiger partial charge in [-0.2, -0.15) is 0 Å². The van der Waals surface area contributed by atoms with Crippen LogP contribution in [0.25, 0.3) is 0 Å². The number of hydrogen-bond acceptors (Lipinski definition) is 3. The first-order valence-corrected chi connectivity index (χ1v) is 5.89. The van der Waals surface area contributed by atoms with Crippen LogP contribution in [0.5, 0.6) is 0 Å². The topological polar surface area (TPSA) is 41.1 Å². The maximum atomic E-state index is 12.9. The van der Waals surface area contributed by atoms with Crippen LogP contribution in [-0.4, -0.2) is 23.6 Å². The molecule has 0 bridgehead atoms. The molecule has 0 radical (unpaired) electrons. The summed E-state index contributed by atoms with van der Waals surface area (Å²) >= 11 is 1.62. The number of anilines is 1. The number of rotatable bonds is 2. The third-order valence-corrected chi connectivity index (χ3v) is 3.16. The zero-order chi connectivity index (χ0) is 11.5. The molecule has 1 unspecified atom stereocenters. The lowest BCUT2D eigenvalue weighted by Gasteiger charge is -2.10. The maximum Gasteiger partial charge on any atom is 0.242 e. The second kappa shape index (κ2) is 6.18. The second-order valence-electron chi connectivity index (χ2n) is 3.39. The van der Waals surface area contributed by atoms with Crippen LogP contribution in [0.4, 0.5) is 14.5 Å². The van der Waals surface area contributed by atoms with E-state index in [0.29, 0.717) is 5.75 Å². The highest BCUT2D eigenvalue weighted by molar-refractivity contribution is 7.99. The minimum Gasteiger partial charge on any atom is -0.325 e. The molecule has 3 nitrogen and oxygen atoms in total. The third kappa shape index (κ3) is 3.55. The SMILES string of the molecule is Cl.O=C(Nc1ccc(F)c(F)c1)C1CSCN1. The van der Waals surface area contributed by atoms with Gasteiger partial charge in [0, 0.05) is 23.4 Å². The van der Waals surface area contributed by atoms with Crippen LogP contribution in [0.15, 0.2) is 18.2 Å². The van der Waals surface area contributed by atoms with Crippen LogP contribution in [-0.2, 0) is 4.79 Å². The van der Waals surface area contributed by atoms with Crippen molar-refractivity contribution in [1.82, 2.24) is 5.32 Å². The lowest BCUT2D eigenvalue weighted by Crippen LogP contribution is -2.37. The number of thioether (sulfide) groups is 1. The van der Waals surface area contributed by atoms with Crippen molar-refractivity contribution in [2.45, 2.75) is 6.04 Å². The molecule has 1 fully saturated rings. The van der Waals surface area contributed by atoms with Crippen molar-refractivity contribution in [3.05, 3.63) is 29.8 Å². The molecule has 1 atom stereocenters. The molecular weight excluding hydrogens is 270 g/mol. The van der Waals surface area contributed by atoms with E-state index in [4.69, 9.17) is 0 Å². The van der Waals surface area contributed by atoms with Crippen LogP contribution in [0.3, 0.4) is 0 Å². The van der Waals surface area contributed by atoms with Gasteiger partial charge in [0.1, 0.15) is 0 Å². The molecule has 1 aromatic rings. The van der Waals surface area contributed by atoms with E-state index in [0.717, 1.165) is 18.0 Å². The summed E-state index contributed by atoms with van der Waals surface area (Å²) in [5.41, 5.74) is 0.266. The van der Waals surface area contributed by atoms with E-state index < -0.39 is 11.6 Å². The summed E-state index contributed by atoms with van der Waals surface area (Å²) in [6.45, 7) is 0. The summed E-state index contributed by atoms with van der Waals surface area (Å²) in [5, 5.41) is 5.52. The Balaban J connectivity index is 0.00000144. The Kier molecular flexibility index (Phi) is 5.17. The van der Waals surface area contributed by atoms with Crippen molar-refractivity contribution in [2.75, 3.05) is 16.9 Å². The van der Waals surface area contributed by atoms with Gasteiger partial charge in [0.25, 0.3) is 0 Å². The monoisotopic (exact) mass is 280 g/mol. The molecule has 17 heavy (non-hydrogen) atoms. The summed E-state index contributed by atoms with van der Waals surface area (Å²) in [4.78, 5) is 11.6. The number of amides is 1. The standard InChI is InChI=1S/C10H10F2N2OS.ClH/c11-7-2-1-6(3-8(7)12)14-10(15)9-4-16-5-13-9;/h1-3,9,13H,4-5H2,(H,14,15);1H. The van der Waals surface area contributed by atoms with E-state index in [1.807, 2.05) is 0 Å². The number of halogens is 3. The molecular formula is C10H11ClF2N2OS. The fraction of sp³-hybridized carbons (Fsp3) is 0.300. The first-order valence-electron chi connectivity index (χ1n) is 4.74. The number of hydrogen-bond donors (Lipinski definition) is 2. The summed E-state index contributed by atoms with van der Waals surface area (Å²) in [7, 11) is 0. The van der Waals surface area contributed by atoms with E-state index in [2.05, 4.69) is 10.6 Å². The average molecular weight is 281 g/mol. The first kappa shape index (κ1) is 14.2. The molecule has 2 N–H and O–H groups in total. The second-order valence-corrected chi connectivity index (χ2v) is 4.42. The van der Waals surface area contributed by atoms with Crippen LogP contribution in [0.1, 0.15) is 0 Å². The highest BCUT2D eigenvalue weighted by Crippen LogP contribution is 2.15. The largest absolute Gasteiger partial charge is 0.325 e. The van der Waals surface area contributed by atoms with Gasteiger partial charge in [-0.05, 0) is 12.1 Å². The molecule has 1 saturated heterocycles. The molecule has 1 amide bonds. The van der Waals surface area contributed by atoms with Gasteiger partial charge in [-0.1, -0.05) is 0 Å². The summed E-state index contributed by atoms with van der Waals surface area (Å²) in [5.74, 6) is -0.694. The lowest BCUT2D eigenvalue weighted by atomic mass is 10.2. The van der Waals surface area contributed by atoms with Crippen LogP contribution < -0.4 is 10.6 Å². The molecule has 94 valence electrons. The van der Waals surface area contributed by atoms with Gasteiger partial charge >= 0.3 is 0 Å².